The quantitative estimate of drug-likeness (QED) is 0.660. The van der Waals surface area contributed by atoms with Gasteiger partial charge in [0.2, 0.25) is 6.79 Å². The second-order valence-corrected chi connectivity index (χ2v) is 4.34. The number of hydrogen-bond acceptors (Lipinski definition) is 6. The Morgan fingerprint density at radius 1 is 1.39 bits per heavy atom. The molecule has 2 rings (SSSR count). The lowest BCUT2D eigenvalue weighted by Crippen LogP contribution is -2.23. The molecule has 1 N–H and O–H groups in total. The number of aliphatic hydroxyl groups excluding tert-OH is 1. The van der Waals surface area contributed by atoms with Crippen LogP contribution in [0.3, 0.4) is 0 Å². The van der Waals surface area contributed by atoms with Crippen LogP contribution < -0.4 is 9.47 Å². The number of methoxy groups -OCH3 is 1. The fourth-order valence-corrected chi connectivity index (χ4v) is 2.04. The van der Waals surface area contributed by atoms with Gasteiger partial charge < -0.3 is 19.3 Å². The Morgan fingerprint density at radius 3 is 2.61 bits per heavy atom. The number of ether oxygens (including phenoxy) is 3. The van der Waals surface area contributed by atoms with Crippen LogP contribution in [0.5, 0.6) is 11.5 Å². The summed E-state index contributed by atoms with van der Waals surface area (Å²) in [7, 11) is 1.07. The van der Waals surface area contributed by atoms with Crippen molar-refractivity contribution < 1.29 is 28.9 Å². The molecule has 0 aromatic heterocycles. The summed E-state index contributed by atoms with van der Waals surface area (Å²) in [6, 6.07) is 3.00. The molecule has 18 heavy (non-hydrogen) atoms. The minimum atomic E-state index is -1.61. The molecule has 0 fully saturated rings. The molecule has 0 spiro atoms. The number of carbonyl (C=O) groups excluding carboxylic acids is 2. The molecule has 0 radical (unpaired) electrons. The van der Waals surface area contributed by atoms with Gasteiger partial charge in [-0.25, -0.2) is 4.79 Å². The molecule has 1 aromatic rings. The molecule has 0 bridgehead atoms. The number of ketones is 1. The lowest BCUT2D eigenvalue weighted by molar-refractivity contribution is -0.155. The van der Waals surface area contributed by atoms with Crippen molar-refractivity contribution in [3.8, 4) is 11.5 Å². The number of halogens is 1. The lowest BCUT2D eigenvalue weighted by atomic mass is 10.1. The Kier molecular flexibility index (Phi) is 3.53. The van der Waals surface area contributed by atoms with Gasteiger partial charge in [0, 0.05) is 10.0 Å². The first-order valence-corrected chi connectivity index (χ1v) is 5.73. The highest BCUT2D eigenvalue weighted by atomic mass is 79.9. The zero-order valence-corrected chi connectivity index (χ0v) is 10.9. The van der Waals surface area contributed by atoms with Crippen molar-refractivity contribution in [1.82, 2.24) is 0 Å². The molecule has 1 aliphatic rings. The van der Waals surface area contributed by atoms with Gasteiger partial charge in [-0.05, 0) is 12.1 Å². The van der Waals surface area contributed by atoms with Crippen molar-refractivity contribution in [2.75, 3.05) is 13.9 Å². The summed E-state index contributed by atoms with van der Waals surface area (Å²) in [4.78, 5) is 22.6. The number of esters is 1. The van der Waals surface area contributed by atoms with Crippen LogP contribution in [-0.4, -0.2) is 30.8 Å². The summed E-state index contributed by atoms with van der Waals surface area (Å²) in [5.74, 6) is -1.24. The topological polar surface area (TPSA) is 82.1 Å². The monoisotopic (exact) mass is 316 g/mol. The fourth-order valence-electron chi connectivity index (χ4n) is 1.50. The van der Waals surface area contributed by atoms with Crippen molar-refractivity contribution in [3.63, 3.8) is 0 Å². The molecular formula is C11H9BrO6. The van der Waals surface area contributed by atoms with Crippen LogP contribution in [0.4, 0.5) is 0 Å². The molecular weight excluding hydrogens is 308 g/mol. The number of carbonyl (C=O) groups is 2. The Balaban J connectivity index is 2.33. The molecule has 1 unspecified atom stereocenters. The Labute approximate surface area is 111 Å². The van der Waals surface area contributed by atoms with Crippen LogP contribution in [0.2, 0.25) is 0 Å². The standard InChI is InChI=1S/C11H9BrO6/c1-16-11(15)10(14)9(13)5-2-7-8(3-6(5)12)18-4-17-7/h2-3,9,13H,4H2,1H3. The highest BCUT2D eigenvalue weighted by Crippen LogP contribution is 2.39. The number of rotatable bonds is 3. The van der Waals surface area contributed by atoms with Gasteiger partial charge in [0.05, 0.1) is 7.11 Å². The van der Waals surface area contributed by atoms with E-state index in [1.54, 1.807) is 6.07 Å². The third-order valence-electron chi connectivity index (χ3n) is 2.42. The summed E-state index contributed by atoms with van der Waals surface area (Å²) in [6.45, 7) is 0.0757. The zero-order valence-electron chi connectivity index (χ0n) is 9.31. The van der Waals surface area contributed by atoms with Crippen molar-refractivity contribution >= 4 is 27.7 Å². The first-order chi connectivity index (χ1) is 8.54. The number of fused-ring (bicyclic) bond motifs is 1. The van der Waals surface area contributed by atoms with Crippen LogP contribution in [-0.2, 0) is 14.3 Å². The van der Waals surface area contributed by atoms with Gasteiger partial charge in [0.1, 0.15) is 0 Å². The van der Waals surface area contributed by atoms with Crippen LogP contribution >= 0.6 is 15.9 Å². The average Bonchev–Trinajstić information content (AvgIpc) is 2.82. The smallest absolute Gasteiger partial charge is 0.377 e. The molecule has 1 aromatic carbocycles. The first-order valence-electron chi connectivity index (χ1n) is 4.94. The van der Waals surface area contributed by atoms with E-state index in [1.807, 2.05) is 0 Å². The van der Waals surface area contributed by atoms with E-state index in [4.69, 9.17) is 9.47 Å². The van der Waals surface area contributed by atoms with Crippen molar-refractivity contribution in [1.29, 1.82) is 0 Å². The van der Waals surface area contributed by atoms with E-state index in [2.05, 4.69) is 20.7 Å². The number of aliphatic hydroxyl groups is 1. The maximum Gasteiger partial charge on any atom is 0.377 e. The van der Waals surface area contributed by atoms with Crippen LogP contribution in [0, 0.1) is 0 Å². The number of benzene rings is 1. The molecule has 0 amide bonds. The maximum absolute atomic E-state index is 11.5. The highest BCUT2D eigenvalue weighted by Gasteiger charge is 2.29. The predicted molar refractivity (Wildman–Crippen MR) is 62.2 cm³/mol. The summed E-state index contributed by atoms with van der Waals surface area (Å²) in [5.41, 5.74) is 0.217. The average molecular weight is 317 g/mol. The molecule has 1 aliphatic heterocycles. The van der Waals surface area contributed by atoms with E-state index in [9.17, 15) is 14.7 Å². The predicted octanol–water partition coefficient (Wildman–Crippen LogP) is 0.953. The van der Waals surface area contributed by atoms with Gasteiger partial charge in [-0.1, -0.05) is 15.9 Å². The SMILES string of the molecule is COC(=O)C(=O)C(O)c1cc2c(cc1Br)OCO2. The van der Waals surface area contributed by atoms with E-state index in [1.165, 1.54) is 6.07 Å². The summed E-state index contributed by atoms with van der Waals surface area (Å²) < 4.78 is 15.0. The van der Waals surface area contributed by atoms with E-state index in [0.717, 1.165) is 7.11 Å². The third-order valence-corrected chi connectivity index (χ3v) is 3.11. The number of hydrogen-bond donors (Lipinski definition) is 1. The van der Waals surface area contributed by atoms with Crippen LogP contribution in [0.25, 0.3) is 0 Å². The van der Waals surface area contributed by atoms with Gasteiger partial charge in [0.15, 0.2) is 17.6 Å². The minimum Gasteiger partial charge on any atom is -0.463 e. The molecule has 6 nitrogen and oxygen atoms in total. The zero-order chi connectivity index (χ0) is 13.3. The summed E-state index contributed by atoms with van der Waals surface area (Å²) in [5, 5.41) is 9.83. The fraction of sp³-hybridized carbons (Fsp3) is 0.273. The van der Waals surface area contributed by atoms with Crippen molar-refractivity contribution in [2.45, 2.75) is 6.10 Å². The van der Waals surface area contributed by atoms with Gasteiger partial charge in [-0.3, -0.25) is 4.79 Å². The van der Waals surface area contributed by atoms with E-state index >= 15 is 0 Å². The van der Waals surface area contributed by atoms with Gasteiger partial charge in [0.25, 0.3) is 5.78 Å². The second kappa shape index (κ2) is 4.95. The van der Waals surface area contributed by atoms with Crippen LogP contribution in [0.1, 0.15) is 11.7 Å². The molecule has 0 saturated carbocycles. The molecule has 7 heteroatoms. The number of Topliss-reactive ketones (excluding diaryl/α,β-unsaturated/α-hetero) is 1. The summed E-state index contributed by atoms with van der Waals surface area (Å²) >= 11 is 3.19. The summed E-state index contributed by atoms with van der Waals surface area (Å²) in [6.07, 6.45) is -1.61. The molecule has 0 aliphatic carbocycles. The first kappa shape index (κ1) is 12.8. The van der Waals surface area contributed by atoms with Crippen LogP contribution in [0.15, 0.2) is 16.6 Å². The second-order valence-electron chi connectivity index (χ2n) is 3.49. The van der Waals surface area contributed by atoms with Crippen molar-refractivity contribution in [3.05, 3.63) is 22.2 Å². The Hall–Kier alpha value is -1.60. The Bertz CT molecular complexity index is 513. The van der Waals surface area contributed by atoms with Gasteiger partial charge >= 0.3 is 5.97 Å². The molecule has 96 valence electrons. The van der Waals surface area contributed by atoms with Gasteiger partial charge in [-0.15, -0.1) is 0 Å². The van der Waals surface area contributed by atoms with Gasteiger partial charge in [-0.2, -0.15) is 0 Å². The molecule has 1 atom stereocenters. The third kappa shape index (κ3) is 2.19. The minimum absolute atomic E-state index is 0.0757. The highest BCUT2D eigenvalue weighted by molar-refractivity contribution is 9.10. The molecule has 1 heterocycles. The Morgan fingerprint density at radius 2 is 2.00 bits per heavy atom. The maximum atomic E-state index is 11.5. The van der Waals surface area contributed by atoms with Crippen molar-refractivity contribution in [2.24, 2.45) is 0 Å². The lowest BCUT2D eigenvalue weighted by Gasteiger charge is -2.11. The molecule has 0 saturated heterocycles. The van der Waals surface area contributed by atoms with E-state index in [-0.39, 0.29) is 12.4 Å². The largest absolute Gasteiger partial charge is 0.463 e. The normalized spacial score (nSPS) is 14.2. The van der Waals surface area contributed by atoms with E-state index < -0.39 is 17.9 Å². The van der Waals surface area contributed by atoms with E-state index in [0.29, 0.717) is 16.0 Å².